The lowest BCUT2D eigenvalue weighted by Crippen LogP contribution is -2.28. The zero-order valence-electron chi connectivity index (χ0n) is 11.9. The van der Waals surface area contributed by atoms with Crippen LogP contribution in [-0.4, -0.2) is 33.5 Å². The van der Waals surface area contributed by atoms with Crippen LogP contribution in [0.2, 0.25) is 0 Å². The fraction of sp³-hybridized carbons (Fsp3) is 0.600. The predicted molar refractivity (Wildman–Crippen MR) is 74.9 cm³/mol. The monoisotopic (exact) mass is 265 g/mol. The molecule has 1 aromatic carbocycles. The predicted octanol–water partition coefficient (Wildman–Crippen LogP) is 2.53. The van der Waals surface area contributed by atoms with Crippen LogP contribution in [0.4, 0.5) is 0 Å². The molecule has 1 aliphatic heterocycles. The SMILES string of the molecule is CNC(C)c1ccc(OC)cc1OC1CCCOC1. The Hall–Kier alpha value is -1.26. The number of hydrogen-bond donors (Lipinski definition) is 1. The van der Waals surface area contributed by atoms with E-state index in [0.29, 0.717) is 6.61 Å². The summed E-state index contributed by atoms with van der Waals surface area (Å²) in [4.78, 5) is 0. The average molecular weight is 265 g/mol. The van der Waals surface area contributed by atoms with Crippen LogP contribution in [0, 0.1) is 0 Å². The molecule has 19 heavy (non-hydrogen) atoms. The third-order valence-corrected chi connectivity index (χ3v) is 3.53. The van der Waals surface area contributed by atoms with Gasteiger partial charge in [-0.15, -0.1) is 0 Å². The van der Waals surface area contributed by atoms with Crippen molar-refractivity contribution >= 4 is 0 Å². The molecule has 1 N–H and O–H groups in total. The van der Waals surface area contributed by atoms with Crippen LogP contribution >= 0.6 is 0 Å². The minimum Gasteiger partial charge on any atom is -0.497 e. The topological polar surface area (TPSA) is 39.7 Å². The second kappa shape index (κ2) is 6.78. The second-order valence-corrected chi connectivity index (χ2v) is 4.87. The lowest BCUT2D eigenvalue weighted by molar-refractivity contribution is 0.00680. The quantitative estimate of drug-likeness (QED) is 0.888. The standard InChI is InChI=1S/C15H23NO3/c1-11(16-2)14-7-6-12(17-3)9-15(14)19-13-5-4-8-18-10-13/h6-7,9,11,13,16H,4-5,8,10H2,1-3H3. The number of hydrogen-bond acceptors (Lipinski definition) is 4. The second-order valence-electron chi connectivity index (χ2n) is 4.87. The summed E-state index contributed by atoms with van der Waals surface area (Å²) in [5, 5.41) is 3.24. The fourth-order valence-corrected chi connectivity index (χ4v) is 2.24. The highest BCUT2D eigenvalue weighted by atomic mass is 16.5. The summed E-state index contributed by atoms with van der Waals surface area (Å²) in [5.74, 6) is 1.70. The summed E-state index contributed by atoms with van der Waals surface area (Å²) < 4.78 is 16.9. The van der Waals surface area contributed by atoms with Crippen LogP contribution in [0.3, 0.4) is 0 Å². The van der Waals surface area contributed by atoms with Crippen molar-refractivity contribution in [3.63, 3.8) is 0 Å². The molecule has 1 saturated heterocycles. The van der Waals surface area contributed by atoms with Gasteiger partial charge in [0.05, 0.1) is 13.7 Å². The van der Waals surface area contributed by atoms with Crippen molar-refractivity contribution in [2.75, 3.05) is 27.4 Å². The summed E-state index contributed by atoms with van der Waals surface area (Å²) in [5.41, 5.74) is 1.15. The minimum atomic E-state index is 0.142. The summed E-state index contributed by atoms with van der Waals surface area (Å²) in [6, 6.07) is 6.22. The average Bonchev–Trinajstić information content (AvgIpc) is 2.47. The van der Waals surface area contributed by atoms with Gasteiger partial charge in [0.1, 0.15) is 17.6 Å². The van der Waals surface area contributed by atoms with E-state index >= 15 is 0 Å². The van der Waals surface area contributed by atoms with E-state index in [1.807, 2.05) is 19.2 Å². The van der Waals surface area contributed by atoms with Crippen molar-refractivity contribution in [3.05, 3.63) is 23.8 Å². The maximum absolute atomic E-state index is 6.11. The minimum absolute atomic E-state index is 0.142. The maximum atomic E-state index is 6.11. The summed E-state index contributed by atoms with van der Waals surface area (Å²) in [7, 11) is 3.62. The number of ether oxygens (including phenoxy) is 3. The van der Waals surface area contributed by atoms with E-state index in [-0.39, 0.29) is 12.1 Å². The molecular formula is C15H23NO3. The van der Waals surface area contributed by atoms with Crippen LogP contribution in [0.15, 0.2) is 18.2 Å². The van der Waals surface area contributed by atoms with Crippen LogP contribution in [0.25, 0.3) is 0 Å². The van der Waals surface area contributed by atoms with Crippen molar-refractivity contribution in [2.24, 2.45) is 0 Å². The van der Waals surface area contributed by atoms with Crippen LogP contribution in [0.1, 0.15) is 31.4 Å². The van der Waals surface area contributed by atoms with E-state index in [0.717, 1.165) is 36.5 Å². The molecule has 0 aliphatic carbocycles. The third-order valence-electron chi connectivity index (χ3n) is 3.53. The van der Waals surface area contributed by atoms with Crippen LogP contribution in [-0.2, 0) is 4.74 Å². The van der Waals surface area contributed by atoms with Crippen molar-refractivity contribution in [3.8, 4) is 11.5 Å². The zero-order chi connectivity index (χ0) is 13.7. The maximum Gasteiger partial charge on any atom is 0.128 e. The van der Waals surface area contributed by atoms with Gasteiger partial charge >= 0.3 is 0 Å². The van der Waals surface area contributed by atoms with E-state index in [4.69, 9.17) is 14.2 Å². The number of rotatable bonds is 5. The van der Waals surface area contributed by atoms with Gasteiger partial charge < -0.3 is 19.5 Å². The highest BCUT2D eigenvalue weighted by molar-refractivity contribution is 5.42. The van der Waals surface area contributed by atoms with E-state index in [1.54, 1.807) is 7.11 Å². The molecule has 1 heterocycles. The number of nitrogens with one attached hydrogen (secondary N) is 1. The molecule has 106 valence electrons. The molecular weight excluding hydrogens is 242 g/mol. The Balaban J connectivity index is 2.18. The molecule has 0 radical (unpaired) electrons. The van der Waals surface area contributed by atoms with Gasteiger partial charge in [0, 0.05) is 24.3 Å². The van der Waals surface area contributed by atoms with E-state index in [9.17, 15) is 0 Å². The van der Waals surface area contributed by atoms with Crippen molar-refractivity contribution in [1.29, 1.82) is 0 Å². The summed E-state index contributed by atoms with van der Waals surface area (Å²) in [6.07, 6.45) is 2.25. The van der Waals surface area contributed by atoms with Gasteiger partial charge in [-0.25, -0.2) is 0 Å². The number of benzene rings is 1. The first kappa shape index (κ1) is 14.2. The Morgan fingerprint density at radius 1 is 1.42 bits per heavy atom. The Morgan fingerprint density at radius 2 is 2.26 bits per heavy atom. The molecule has 2 rings (SSSR count). The van der Waals surface area contributed by atoms with E-state index in [2.05, 4.69) is 18.3 Å². The Bertz CT molecular complexity index is 402. The van der Waals surface area contributed by atoms with Crippen LogP contribution in [0.5, 0.6) is 11.5 Å². The van der Waals surface area contributed by atoms with E-state index < -0.39 is 0 Å². The first-order chi connectivity index (χ1) is 9.24. The highest BCUT2D eigenvalue weighted by Gasteiger charge is 2.19. The van der Waals surface area contributed by atoms with Gasteiger partial charge in [-0.05, 0) is 32.9 Å². The van der Waals surface area contributed by atoms with Crippen LogP contribution < -0.4 is 14.8 Å². The van der Waals surface area contributed by atoms with E-state index in [1.165, 1.54) is 0 Å². The smallest absolute Gasteiger partial charge is 0.128 e. The van der Waals surface area contributed by atoms with Gasteiger partial charge in [0.25, 0.3) is 0 Å². The molecule has 2 atom stereocenters. The molecule has 4 nitrogen and oxygen atoms in total. The lowest BCUT2D eigenvalue weighted by Gasteiger charge is -2.26. The first-order valence-electron chi connectivity index (χ1n) is 6.84. The first-order valence-corrected chi connectivity index (χ1v) is 6.84. The largest absolute Gasteiger partial charge is 0.497 e. The molecule has 4 heteroatoms. The van der Waals surface area contributed by atoms with Crippen molar-refractivity contribution in [2.45, 2.75) is 31.9 Å². The summed E-state index contributed by atoms with van der Waals surface area (Å²) in [6.45, 7) is 3.63. The third kappa shape index (κ3) is 3.61. The van der Waals surface area contributed by atoms with Gasteiger partial charge in [-0.1, -0.05) is 6.07 Å². The molecule has 2 unspecified atom stereocenters. The van der Waals surface area contributed by atoms with Crippen molar-refractivity contribution in [1.82, 2.24) is 5.32 Å². The molecule has 0 bridgehead atoms. The normalized spacial score (nSPS) is 20.9. The molecule has 0 saturated carbocycles. The lowest BCUT2D eigenvalue weighted by atomic mass is 10.1. The highest BCUT2D eigenvalue weighted by Crippen LogP contribution is 2.31. The van der Waals surface area contributed by atoms with Gasteiger partial charge in [-0.2, -0.15) is 0 Å². The molecule has 0 amide bonds. The molecule has 0 aromatic heterocycles. The Kier molecular flexibility index (Phi) is 5.05. The molecule has 0 spiro atoms. The zero-order valence-corrected chi connectivity index (χ0v) is 11.9. The Labute approximate surface area is 115 Å². The van der Waals surface area contributed by atoms with Gasteiger partial charge in [0.2, 0.25) is 0 Å². The van der Waals surface area contributed by atoms with Gasteiger partial charge in [-0.3, -0.25) is 0 Å². The summed E-state index contributed by atoms with van der Waals surface area (Å²) >= 11 is 0. The van der Waals surface area contributed by atoms with Crippen molar-refractivity contribution < 1.29 is 14.2 Å². The van der Waals surface area contributed by atoms with Gasteiger partial charge in [0.15, 0.2) is 0 Å². The fourth-order valence-electron chi connectivity index (χ4n) is 2.24. The Morgan fingerprint density at radius 3 is 2.89 bits per heavy atom. The number of methoxy groups -OCH3 is 1. The molecule has 1 fully saturated rings. The molecule has 1 aliphatic rings. The molecule has 1 aromatic rings.